The lowest BCUT2D eigenvalue weighted by Gasteiger charge is -2.16. The first-order valence-electron chi connectivity index (χ1n) is 6.32. The molecule has 0 saturated heterocycles. The predicted octanol–water partition coefficient (Wildman–Crippen LogP) is 3.42. The minimum Gasteiger partial charge on any atom is -0.374 e. The molecule has 4 nitrogen and oxygen atoms in total. The van der Waals surface area contributed by atoms with Crippen LogP contribution >= 0.6 is 22.6 Å². The lowest BCUT2D eigenvalue weighted by molar-refractivity contribution is 0.112. The van der Waals surface area contributed by atoms with Crippen LogP contribution in [0.5, 0.6) is 0 Å². The highest BCUT2D eigenvalue weighted by Gasteiger charge is 2.16. The van der Waals surface area contributed by atoms with Crippen molar-refractivity contribution in [2.24, 2.45) is 5.92 Å². The molecule has 1 atom stereocenters. The molecule has 1 N–H and O–H groups in total. The topological polar surface area (TPSA) is 47.0 Å². The molecule has 0 aromatic carbocycles. The van der Waals surface area contributed by atoms with Crippen molar-refractivity contribution >= 4 is 28.4 Å². The van der Waals surface area contributed by atoms with Crippen LogP contribution in [0.15, 0.2) is 0 Å². The second-order valence-electron chi connectivity index (χ2n) is 4.70. The Morgan fingerprint density at radius 3 is 2.44 bits per heavy atom. The maximum atomic E-state index is 5.31. The van der Waals surface area contributed by atoms with E-state index in [-0.39, 0.29) is 6.10 Å². The second kappa shape index (κ2) is 7.23. The summed E-state index contributed by atoms with van der Waals surface area (Å²) in [4.78, 5) is 9.19. The van der Waals surface area contributed by atoms with Crippen LogP contribution in [0.4, 0.5) is 5.82 Å². The lowest BCUT2D eigenvalue weighted by atomic mass is 10.1. The largest absolute Gasteiger partial charge is 0.374 e. The Hall–Kier alpha value is -0.430. The van der Waals surface area contributed by atoms with E-state index >= 15 is 0 Å². The summed E-state index contributed by atoms with van der Waals surface area (Å²) in [5.41, 5.74) is 1.11. The number of ether oxygens (including phenoxy) is 1. The Labute approximate surface area is 123 Å². The van der Waals surface area contributed by atoms with Crippen molar-refractivity contribution in [3.05, 3.63) is 15.1 Å². The molecule has 0 aliphatic carbocycles. The van der Waals surface area contributed by atoms with Crippen LogP contribution in [0.1, 0.15) is 45.3 Å². The first-order valence-corrected chi connectivity index (χ1v) is 7.40. The Kier molecular flexibility index (Phi) is 6.28. The van der Waals surface area contributed by atoms with Crippen molar-refractivity contribution in [1.29, 1.82) is 0 Å². The molecular formula is C13H22IN3O. The molecule has 0 fully saturated rings. The third-order valence-electron chi connectivity index (χ3n) is 2.60. The summed E-state index contributed by atoms with van der Waals surface area (Å²) < 4.78 is 6.43. The number of hydrogen-bond acceptors (Lipinski definition) is 4. The zero-order valence-electron chi connectivity index (χ0n) is 11.7. The fourth-order valence-corrected chi connectivity index (χ4v) is 2.26. The van der Waals surface area contributed by atoms with Crippen molar-refractivity contribution < 1.29 is 4.74 Å². The molecule has 0 radical (unpaired) electrons. The number of aromatic nitrogens is 2. The Morgan fingerprint density at radius 2 is 1.94 bits per heavy atom. The first-order chi connectivity index (χ1) is 8.49. The van der Waals surface area contributed by atoms with E-state index in [1.165, 1.54) is 0 Å². The average molecular weight is 363 g/mol. The third-order valence-corrected chi connectivity index (χ3v) is 3.73. The monoisotopic (exact) mass is 363 g/mol. The summed E-state index contributed by atoms with van der Waals surface area (Å²) in [5, 5.41) is 3.29. The summed E-state index contributed by atoms with van der Waals surface area (Å²) in [6, 6.07) is 0. The van der Waals surface area contributed by atoms with Crippen molar-refractivity contribution in [2.75, 3.05) is 19.0 Å². The zero-order valence-corrected chi connectivity index (χ0v) is 13.9. The van der Waals surface area contributed by atoms with Gasteiger partial charge in [-0.1, -0.05) is 13.8 Å². The van der Waals surface area contributed by atoms with Gasteiger partial charge >= 0.3 is 0 Å². The van der Waals surface area contributed by atoms with Gasteiger partial charge in [-0.05, 0) is 48.8 Å². The van der Waals surface area contributed by atoms with Gasteiger partial charge in [0.2, 0.25) is 0 Å². The number of rotatable bonds is 6. The van der Waals surface area contributed by atoms with Crippen LogP contribution in [-0.2, 0) is 11.2 Å². The van der Waals surface area contributed by atoms with Crippen LogP contribution < -0.4 is 5.32 Å². The van der Waals surface area contributed by atoms with E-state index in [1.807, 2.05) is 6.92 Å². The molecule has 0 saturated carbocycles. The normalized spacial score (nSPS) is 12.8. The third kappa shape index (κ3) is 4.05. The van der Waals surface area contributed by atoms with Gasteiger partial charge in [-0.3, -0.25) is 0 Å². The maximum Gasteiger partial charge on any atom is 0.159 e. The van der Waals surface area contributed by atoms with Crippen molar-refractivity contribution in [3.8, 4) is 0 Å². The van der Waals surface area contributed by atoms with Crippen LogP contribution in [-0.4, -0.2) is 23.6 Å². The number of hydrogen-bond donors (Lipinski definition) is 1. The summed E-state index contributed by atoms with van der Waals surface area (Å²) in [6.07, 6.45) is 0.883. The Balaban J connectivity index is 3.18. The molecule has 1 unspecified atom stereocenters. The highest BCUT2D eigenvalue weighted by Crippen LogP contribution is 2.24. The molecule has 0 aliphatic heterocycles. The SMILES string of the molecule is CCNc1nc(C(C)OC)nc(CC(C)C)c1I. The highest BCUT2D eigenvalue weighted by atomic mass is 127. The summed E-state index contributed by atoms with van der Waals surface area (Å²) in [6.45, 7) is 9.29. The number of nitrogens with one attached hydrogen (secondary N) is 1. The number of halogens is 1. The molecule has 102 valence electrons. The number of methoxy groups -OCH3 is 1. The van der Waals surface area contributed by atoms with Gasteiger partial charge in [0.05, 0.1) is 9.26 Å². The van der Waals surface area contributed by atoms with E-state index in [0.29, 0.717) is 5.92 Å². The van der Waals surface area contributed by atoms with Crippen molar-refractivity contribution in [1.82, 2.24) is 9.97 Å². The van der Waals surface area contributed by atoms with Gasteiger partial charge in [0.25, 0.3) is 0 Å². The van der Waals surface area contributed by atoms with Crippen molar-refractivity contribution in [3.63, 3.8) is 0 Å². The number of nitrogens with zero attached hydrogens (tertiary/aromatic N) is 2. The van der Waals surface area contributed by atoms with E-state index < -0.39 is 0 Å². The minimum absolute atomic E-state index is 0.0784. The minimum atomic E-state index is -0.0784. The van der Waals surface area contributed by atoms with Crippen LogP contribution in [0.2, 0.25) is 0 Å². The van der Waals surface area contributed by atoms with E-state index in [2.05, 4.69) is 58.6 Å². The number of anilines is 1. The van der Waals surface area contributed by atoms with Gasteiger partial charge in [-0.15, -0.1) is 0 Å². The van der Waals surface area contributed by atoms with Gasteiger partial charge in [-0.25, -0.2) is 9.97 Å². The lowest BCUT2D eigenvalue weighted by Crippen LogP contribution is -2.13. The van der Waals surface area contributed by atoms with Crippen LogP contribution in [0.25, 0.3) is 0 Å². The standard InChI is InChI=1S/C13H22IN3O/c1-6-15-13-11(14)10(7-8(2)3)16-12(17-13)9(4)18-5/h8-9H,6-7H2,1-5H3,(H,15,16,17). The van der Waals surface area contributed by atoms with Gasteiger partial charge < -0.3 is 10.1 Å². The highest BCUT2D eigenvalue weighted by molar-refractivity contribution is 14.1. The van der Waals surface area contributed by atoms with E-state index in [4.69, 9.17) is 4.74 Å². The quantitative estimate of drug-likeness (QED) is 0.787. The summed E-state index contributed by atoms with van der Waals surface area (Å²) >= 11 is 2.32. The van der Waals surface area contributed by atoms with Gasteiger partial charge in [-0.2, -0.15) is 0 Å². The molecule has 1 heterocycles. The van der Waals surface area contributed by atoms with Crippen molar-refractivity contribution in [2.45, 2.75) is 40.2 Å². The molecule has 18 heavy (non-hydrogen) atoms. The molecule has 0 bridgehead atoms. The molecule has 1 rings (SSSR count). The van der Waals surface area contributed by atoms with Crippen LogP contribution in [0.3, 0.4) is 0 Å². The van der Waals surface area contributed by atoms with Gasteiger partial charge in [0.15, 0.2) is 5.82 Å². The fraction of sp³-hybridized carbons (Fsp3) is 0.692. The molecule has 0 amide bonds. The Bertz CT molecular complexity index is 396. The first kappa shape index (κ1) is 15.6. The zero-order chi connectivity index (χ0) is 13.7. The molecule has 5 heteroatoms. The maximum absolute atomic E-state index is 5.31. The van der Waals surface area contributed by atoms with E-state index in [1.54, 1.807) is 7.11 Å². The summed E-state index contributed by atoms with van der Waals surface area (Å²) in [7, 11) is 1.68. The fourth-order valence-electron chi connectivity index (χ4n) is 1.61. The van der Waals surface area contributed by atoms with Gasteiger partial charge in [0, 0.05) is 13.7 Å². The second-order valence-corrected chi connectivity index (χ2v) is 5.78. The van der Waals surface area contributed by atoms with Crippen LogP contribution in [0, 0.1) is 9.49 Å². The molecule has 1 aromatic heterocycles. The molecule has 0 aliphatic rings. The Morgan fingerprint density at radius 1 is 1.28 bits per heavy atom. The van der Waals surface area contributed by atoms with E-state index in [9.17, 15) is 0 Å². The predicted molar refractivity (Wildman–Crippen MR) is 82.9 cm³/mol. The smallest absolute Gasteiger partial charge is 0.159 e. The summed E-state index contributed by atoms with van der Waals surface area (Å²) in [5.74, 6) is 2.25. The van der Waals surface area contributed by atoms with E-state index in [0.717, 1.165) is 33.9 Å². The molecule has 1 aromatic rings. The van der Waals surface area contributed by atoms with Gasteiger partial charge in [0.1, 0.15) is 11.9 Å². The molecule has 0 spiro atoms. The molecular weight excluding hydrogens is 341 g/mol. The average Bonchev–Trinajstić information content (AvgIpc) is 2.32.